The van der Waals surface area contributed by atoms with Crippen molar-refractivity contribution in [1.29, 1.82) is 0 Å². The Kier molecular flexibility index (Phi) is 14.0. The zero-order valence-corrected chi connectivity index (χ0v) is 24.9. The van der Waals surface area contributed by atoms with Crippen LogP contribution in [0.1, 0.15) is 57.6 Å². The first kappa shape index (κ1) is 32.6. The molecule has 0 aliphatic carbocycles. The van der Waals surface area contributed by atoms with Crippen molar-refractivity contribution >= 4 is 39.6 Å². The Morgan fingerprint density at radius 3 is 2.20 bits per heavy atom. The molecule has 3 atom stereocenters. The zero-order valence-electron chi connectivity index (χ0n) is 23.3. The van der Waals surface area contributed by atoms with Gasteiger partial charge in [-0.05, 0) is 48.9 Å². The molecule has 0 spiro atoms. The van der Waals surface area contributed by atoms with Gasteiger partial charge in [-0.1, -0.05) is 72.2 Å². The van der Waals surface area contributed by atoms with E-state index in [1.165, 1.54) is 0 Å². The first-order chi connectivity index (χ1) is 19.1. The number of halogens is 1. The van der Waals surface area contributed by atoms with E-state index in [-0.39, 0.29) is 30.6 Å². The number of benzene rings is 2. The van der Waals surface area contributed by atoms with E-state index in [1.807, 2.05) is 54.6 Å². The summed E-state index contributed by atoms with van der Waals surface area (Å²) in [5.41, 5.74) is 1.78. The molecule has 2 aromatic carbocycles. The second kappa shape index (κ2) is 17.1. The van der Waals surface area contributed by atoms with Gasteiger partial charge >= 0.3 is 0 Å². The molecule has 4 N–H and O–H groups in total. The van der Waals surface area contributed by atoms with Gasteiger partial charge in [0.15, 0.2) is 0 Å². The number of carbonyl (C=O) groups excluding carboxylic acids is 4. The molecule has 0 heterocycles. The monoisotopic (exact) mass is 610 g/mol. The third-order valence-electron chi connectivity index (χ3n) is 6.26. The van der Waals surface area contributed by atoms with Gasteiger partial charge in [-0.2, -0.15) is 0 Å². The highest BCUT2D eigenvalue weighted by atomic mass is 79.9. The Labute approximate surface area is 245 Å². The largest absolute Gasteiger partial charge is 0.350 e. The first-order valence-corrected chi connectivity index (χ1v) is 14.3. The van der Waals surface area contributed by atoms with Gasteiger partial charge in [0.1, 0.15) is 18.1 Å². The van der Waals surface area contributed by atoms with E-state index in [0.717, 1.165) is 22.0 Å². The number of unbranched alkanes of at least 4 members (excludes halogenated alkanes) is 2. The van der Waals surface area contributed by atoms with Crippen LogP contribution in [0.4, 0.5) is 0 Å². The van der Waals surface area contributed by atoms with Gasteiger partial charge in [0.25, 0.3) is 0 Å². The lowest BCUT2D eigenvalue weighted by Gasteiger charge is -2.26. The molecule has 40 heavy (non-hydrogen) atoms. The summed E-state index contributed by atoms with van der Waals surface area (Å²) < 4.78 is 0.904. The second-order valence-corrected chi connectivity index (χ2v) is 10.9. The Morgan fingerprint density at radius 2 is 1.55 bits per heavy atom. The Balaban J connectivity index is 2.02. The Hall–Kier alpha value is -3.64. The SMILES string of the molecule is C#CCCCCC(=O)N[C@@H](Cc1ccccc1)C(=O)N[C@H](C(=O)N[C@@H](C)C(=O)NCc1cccc(Br)c1)C(C)C. The quantitative estimate of drug-likeness (QED) is 0.182. The maximum absolute atomic E-state index is 13.4. The van der Waals surface area contributed by atoms with E-state index >= 15 is 0 Å². The lowest BCUT2D eigenvalue weighted by atomic mass is 10.0. The van der Waals surface area contributed by atoms with E-state index in [1.54, 1.807) is 20.8 Å². The summed E-state index contributed by atoms with van der Waals surface area (Å²) in [6, 6.07) is 14.3. The van der Waals surface area contributed by atoms with E-state index in [0.29, 0.717) is 19.4 Å². The van der Waals surface area contributed by atoms with Crippen LogP contribution in [-0.4, -0.2) is 41.8 Å². The Morgan fingerprint density at radius 1 is 0.850 bits per heavy atom. The molecule has 0 bridgehead atoms. The number of nitrogens with one attached hydrogen (secondary N) is 4. The maximum atomic E-state index is 13.4. The molecule has 2 aromatic rings. The number of hydrogen-bond donors (Lipinski definition) is 4. The van der Waals surface area contributed by atoms with Crippen molar-refractivity contribution in [1.82, 2.24) is 21.3 Å². The molecule has 9 heteroatoms. The minimum Gasteiger partial charge on any atom is -0.350 e. The maximum Gasteiger partial charge on any atom is 0.243 e. The summed E-state index contributed by atoms with van der Waals surface area (Å²) in [5.74, 6) is 0.735. The first-order valence-electron chi connectivity index (χ1n) is 13.5. The average Bonchev–Trinajstić information content (AvgIpc) is 2.92. The molecule has 4 amide bonds. The van der Waals surface area contributed by atoms with Gasteiger partial charge in [-0.3, -0.25) is 19.2 Å². The van der Waals surface area contributed by atoms with Gasteiger partial charge < -0.3 is 21.3 Å². The third kappa shape index (κ3) is 11.6. The highest BCUT2D eigenvalue weighted by Gasteiger charge is 2.30. The zero-order chi connectivity index (χ0) is 29.5. The lowest BCUT2D eigenvalue weighted by Crippen LogP contribution is -2.58. The van der Waals surface area contributed by atoms with E-state index in [9.17, 15) is 19.2 Å². The summed E-state index contributed by atoms with van der Waals surface area (Å²) >= 11 is 3.40. The van der Waals surface area contributed by atoms with Crippen LogP contribution in [0.3, 0.4) is 0 Å². The molecule has 0 saturated carbocycles. The minimum atomic E-state index is -0.904. The molecule has 0 unspecified atom stereocenters. The van der Waals surface area contributed by atoms with Crippen LogP contribution in [0, 0.1) is 18.3 Å². The number of amides is 4. The Bertz CT molecular complexity index is 1180. The second-order valence-electron chi connectivity index (χ2n) is 10.0. The van der Waals surface area contributed by atoms with Gasteiger partial charge in [0, 0.05) is 30.3 Å². The number of rotatable bonds is 15. The third-order valence-corrected chi connectivity index (χ3v) is 6.76. The van der Waals surface area contributed by atoms with Crippen molar-refractivity contribution < 1.29 is 19.2 Å². The van der Waals surface area contributed by atoms with Gasteiger partial charge in [0.05, 0.1) is 0 Å². The standard InChI is InChI=1S/C31H39BrN4O4/c1-5-6-7-11-17-27(37)35-26(19-23-13-9-8-10-14-23)30(39)36-28(21(2)3)31(40)34-22(4)29(38)33-20-24-15-12-16-25(32)18-24/h1,8-10,12-16,18,21-22,26,28H,6-7,11,17,19-20H2,2-4H3,(H,33,38)(H,34,40)(H,35,37)(H,36,39)/t22-,26-,28-/m0/s1. The summed E-state index contributed by atoms with van der Waals surface area (Å²) in [6.45, 7) is 5.51. The summed E-state index contributed by atoms with van der Waals surface area (Å²) in [5, 5.41) is 11.1. The van der Waals surface area contributed by atoms with Crippen LogP contribution in [-0.2, 0) is 32.1 Å². The summed E-state index contributed by atoms with van der Waals surface area (Å²) in [6.07, 6.45) is 7.73. The van der Waals surface area contributed by atoms with Gasteiger partial charge in [0.2, 0.25) is 23.6 Å². The smallest absolute Gasteiger partial charge is 0.243 e. The molecule has 0 aliphatic rings. The summed E-state index contributed by atoms with van der Waals surface area (Å²) in [7, 11) is 0. The molecular weight excluding hydrogens is 572 g/mol. The van der Waals surface area contributed by atoms with Crippen LogP contribution < -0.4 is 21.3 Å². The topological polar surface area (TPSA) is 116 Å². The fourth-order valence-electron chi connectivity index (χ4n) is 3.98. The molecule has 2 rings (SSSR count). The van der Waals surface area contributed by atoms with Gasteiger partial charge in [-0.25, -0.2) is 0 Å². The fraction of sp³-hybridized carbons (Fsp3) is 0.419. The molecule has 214 valence electrons. The molecule has 0 aliphatic heterocycles. The molecule has 0 radical (unpaired) electrons. The van der Waals surface area contributed by atoms with Crippen molar-refractivity contribution in [2.75, 3.05) is 0 Å². The van der Waals surface area contributed by atoms with E-state index in [4.69, 9.17) is 6.42 Å². The normalized spacial score (nSPS) is 12.9. The predicted molar refractivity (Wildman–Crippen MR) is 160 cm³/mol. The molecule has 0 aromatic heterocycles. The minimum absolute atomic E-state index is 0.251. The summed E-state index contributed by atoms with van der Waals surface area (Å²) in [4.78, 5) is 51.7. The highest BCUT2D eigenvalue weighted by molar-refractivity contribution is 9.10. The number of carbonyl (C=O) groups is 4. The van der Waals surface area contributed by atoms with Crippen molar-refractivity contribution in [2.24, 2.45) is 5.92 Å². The number of hydrogen-bond acceptors (Lipinski definition) is 4. The van der Waals surface area contributed by atoms with Crippen molar-refractivity contribution in [3.8, 4) is 12.3 Å². The van der Waals surface area contributed by atoms with Crippen LogP contribution in [0.2, 0.25) is 0 Å². The van der Waals surface area contributed by atoms with E-state index in [2.05, 4.69) is 43.1 Å². The van der Waals surface area contributed by atoms with Crippen LogP contribution >= 0.6 is 15.9 Å². The van der Waals surface area contributed by atoms with Crippen LogP contribution in [0.15, 0.2) is 59.1 Å². The molecule has 0 saturated heterocycles. The fourth-order valence-corrected chi connectivity index (χ4v) is 4.43. The van der Waals surface area contributed by atoms with Crippen molar-refractivity contribution in [2.45, 2.75) is 77.5 Å². The van der Waals surface area contributed by atoms with Crippen molar-refractivity contribution in [3.05, 3.63) is 70.2 Å². The van der Waals surface area contributed by atoms with Crippen molar-refractivity contribution in [3.63, 3.8) is 0 Å². The molecular formula is C31H39BrN4O4. The highest BCUT2D eigenvalue weighted by Crippen LogP contribution is 2.12. The lowest BCUT2D eigenvalue weighted by molar-refractivity contribution is -0.134. The number of terminal acetylenes is 1. The van der Waals surface area contributed by atoms with Crippen LogP contribution in [0.5, 0.6) is 0 Å². The van der Waals surface area contributed by atoms with E-state index < -0.39 is 29.9 Å². The predicted octanol–water partition coefficient (Wildman–Crippen LogP) is 3.63. The van der Waals surface area contributed by atoms with Crippen LogP contribution in [0.25, 0.3) is 0 Å². The van der Waals surface area contributed by atoms with Gasteiger partial charge in [-0.15, -0.1) is 12.3 Å². The average molecular weight is 612 g/mol. The molecule has 0 fully saturated rings. The molecule has 8 nitrogen and oxygen atoms in total.